The summed E-state index contributed by atoms with van der Waals surface area (Å²) in [6.07, 6.45) is 0. The van der Waals surface area contributed by atoms with Crippen LogP contribution in [0.4, 0.5) is 0 Å². The molecule has 1 aromatic heterocycles. The zero-order chi connectivity index (χ0) is 15.1. The van der Waals surface area contributed by atoms with Crippen LogP contribution in [0.25, 0.3) is 0 Å². The number of carbonyl (C=O) groups excluding carboxylic acids is 1. The predicted octanol–water partition coefficient (Wildman–Crippen LogP) is 2.01. The number of methoxy groups -OCH3 is 1. The summed E-state index contributed by atoms with van der Waals surface area (Å²) in [6, 6.07) is 9.68. The predicted molar refractivity (Wildman–Crippen MR) is 87.8 cm³/mol. The van der Waals surface area contributed by atoms with E-state index >= 15 is 0 Å². The smallest absolute Gasteiger partial charge is 0.261 e. The molecule has 1 aromatic carbocycles. The molecule has 0 aliphatic heterocycles. The summed E-state index contributed by atoms with van der Waals surface area (Å²) >= 11 is 4.92. The zero-order valence-corrected chi connectivity index (χ0v) is 14.2. The Labute approximate surface area is 136 Å². The molecule has 3 N–H and O–H groups in total. The SMILES string of the molecule is COc1ccc(Br)cc1C[NH2+]CCNC(=O)c1cccs1. The molecule has 0 aliphatic rings. The minimum Gasteiger partial charge on any atom is -0.496 e. The number of benzene rings is 1. The van der Waals surface area contributed by atoms with E-state index in [9.17, 15) is 4.79 Å². The summed E-state index contributed by atoms with van der Waals surface area (Å²) in [6.45, 7) is 2.29. The first-order valence-electron chi connectivity index (χ1n) is 6.66. The molecule has 0 spiro atoms. The maximum atomic E-state index is 11.7. The van der Waals surface area contributed by atoms with E-state index in [1.165, 1.54) is 11.3 Å². The highest BCUT2D eigenvalue weighted by Crippen LogP contribution is 2.21. The van der Waals surface area contributed by atoms with Crippen LogP contribution in [0, 0.1) is 0 Å². The van der Waals surface area contributed by atoms with Crippen LogP contribution in [0.2, 0.25) is 0 Å². The molecule has 0 aliphatic carbocycles. The molecule has 112 valence electrons. The third-order valence-corrected chi connectivity index (χ3v) is 4.35. The number of hydrogen-bond acceptors (Lipinski definition) is 3. The van der Waals surface area contributed by atoms with Crippen LogP contribution < -0.4 is 15.4 Å². The average molecular weight is 370 g/mol. The lowest BCUT2D eigenvalue weighted by molar-refractivity contribution is -0.668. The molecular formula is C15H18BrN2O2S+. The Bertz CT molecular complexity index is 587. The number of carbonyl (C=O) groups is 1. The van der Waals surface area contributed by atoms with Crippen molar-refractivity contribution in [2.45, 2.75) is 6.54 Å². The molecule has 4 nitrogen and oxygen atoms in total. The third kappa shape index (κ3) is 4.84. The molecule has 0 atom stereocenters. The van der Waals surface area contributed by atoms with E-state index in [0.717, 1.165) is 33.8 Å². The van der Waals surface area contributed by atoms with E-state index in [1.807, 2.05) is 29.6 Å². The monoisotopic (exact) mass is 369 g/mol. The van der Waals surface area contributed by atoms with Gasteiger partial charge in [0.25, 0.3) is 5.91 Å². The lowest BCUT2D eigenvalue weighted by atomic mass is 10.2. The van der Waals surface area contributed by atoms with E-state index in [-0.39, 0.29) is 5.91 Å². The number of quaternary nitrogens is 1. The van der Waals surface area contributed by atoms with Crippen LogP contribution in [-0.4, -0.2) is 26.1 Å². The fourth-order valence-corrected chi connectivity index (χ4v) is 3.00. The number of amides is 1. The largest absolute Gasteiger partial charge is 0.496 e. The van der Waals surface area contributed by atoms with Gasteiger partial charge in [0.05, 0.1) is 25.1 Å². The highest BCUT2D eigenvalue weighted by atomic mass is 79.9. The molecule has 1 heterocycles. The molecule has 1 amide bonds. The van der Waals surface area contributed by atoms with Gasteiger partial charge >= 0.3 is 0 Å². The number of halogens is 1. The Kier molecular flexibility index (Phi) is 6.22. The first kappa shape index (κ1) is 16.0. The van der Waals surface area contributed by atoms with Crippen molar-refractivity contribution in [1.29, 1.82) is 0 Å². The fraction of sp³-hybridized carbons (Fsp3) is 0.267. The van der Waals surface area contributed by atoms with Crippen molar-refractivity contribution in [1.82, 2.24) is 5.32 Å². The number of thiophene rings is 1. The van der Waals surface area contributed by atoms with Gasteiger partial charge in [0.15, 0.2) is 0 Å². The van der Waals surface area contributed by atoms with Gasteiger partial charge in [-0.25, -0.2) is 0 Å². The Balaban J connectivity index is 1.73. The molecular weight excluding hydrogens is 352 g/mol. The molecule has 2 rings (SSSR count). The zero-order valence-electron chi connectivity index (χ0n) is 11.8. The Morgan fingerprint density at radius 2 is 2.29 bits per heavy atom. The highest BCUT2D eigenvalue weighted by Gasteiger charge is 2.07. The lowest BCUT2D eigenvalue weighted by Crippen LogP contribution is -2.84. The van der Waals surface area contributed by atoms with E-state index in [4.69, 9.17) is 4.74 Å². The molecule has 0 radical (unpaired) electrons. The van der Waals surface area contributed by atoms with Crippen LogP contribution in [0.5, 0.6) is 5.75 Å². The number of rotatable bonds is 7. The van der Waals surface area contributed by atoms with Crippen molar-refractivity contribution in [3.05, 3.63) is 50.6 Å². The van der Waals surface area contributed by atoms with Gasteiger partial charge in [0.2, 0.25) is 0 Å². The molecule has 6 heteroatoms. The molecule has 0 bridgehead atoms. The minimum atomic E-state index is -0.00145. The summed E-state index contributed by atoms with van der Waals surface area (Å²) in [7, 11) is 1.67. The molecule has 0 saturated carbocycles. The van der Waals surface area contributed by atoms with Crippen LogP contribution in [0.3, 0.4) is 0 Å². The van der Waals surface area contributed by atoms with Crippen LogP contribution >= 0.6 is 27.3 Å². The normalized spacial score (nSPS) is 10.4. The maximum absolute atomic E-state index is 11.7. The average Bonchev–Trinajstić information content (AvgIpc) is 3.01. The second-order valence-electron chi connectivity index (χ2n) is 4.47. The standard InChI is InChI=1S/C15H17BrN2O2S/c1-20-13-5-4-12(16)9-11(13)10-17-6-7-18-15(19)14-3-2-8-21-14/h2-5,8-9,17H,6-7,10H2,1H3,(H,18,19)/p+1. The van der Waals surface area contributed by atoms with Crippen LogP contribution in [0.1, 0.15) is 15.2 Å². The van der Waals surface area contributed by atoms with Crippen molar-refractivity contribution >= 4 is 33.2 Å². The van der Waals surface area contributed by atoms with Crippen molar-refractivity contribution in [3.8, 4) is 5.75 Å². The van der Waals surface area contributed by atoms with Gasteiger partial charge in [-0.3, -0.25) is 4.79 Å². The first-order chi connectivity index (χ1) is 10.2. The van der Waals surface area contributed by atoms with Crippen molar-refractivity contribution in [3.63, 3.8) is 0 Å². The van der Waals surface area contributed by atoms with Crippen molar-refractivity contribution in [2.24, 2.45) is 0 Å². The van der Waals surface area contributed by atoms with E-state index < -0.39 is 0 Å². The maximum Gasteiger partial charge on any atom is 0.261 e. The summed E-state index contributed by atoms with van der Waals surface area (Å²) in [4.78, 5) is 12.5. The minimum absolute atomic E-state index is 0.00145. The summed E-state index contributed by atoms with van der Waals surface area (Å²) in [5.41, 5.74) is 1.14. The quantitative estimate of drug-likeness (QED) is 0.733. The molecule has 0 unspecified atom stereocenters. The van der Waals surface area contributed by atoms with Crippen molar-refractivity contribution in [2.75, 3.05) is 20.2 Å². The van der Waals surface area contributed by atoms with Gasteiger partial charge in [0.1, 0.15) is 12.3 Å². The van der Waals surface area contributed by atoms with Crippen LogP contribution in [-0.2, 0) is 6.54 Å². The van der Waals surface area contributed by atoms with Crippen molar-refractivity contribution < 1.29 is 14.8 Å². The molecule has 0 fully saturated rings. The summed E-state index contributed by atoms with van der Waals surface area (Å²) in [5, 5.41) is 6.97. The Hall–Kier alpha value is -1.37. The fourth-order valence-electron chi connectivity index (χ4n) is 1.95. The Morgan fingerprint density at radius 1 is 1.43 bits per heavy atom. The first-order valence-corrected chi connectivity index (χ1v) is 8.33. The van der Waals surface area contributed by atoms with Gasteiger partial charge in [-0.1, -0.05) is 22.0 Å². The van der Waals surface area contributed by atoms with Gasteiger partial charge in [-0.05, 0) is 29.6 Å². The van der Waals surface area contributed by atoms with Gasteiger partial charge in [0, 0.05) is 10.0 Å². The van der Waals surface area contributed by atoms with Gasteiger partial charge in [-0.15, -0.1) is 11.3 Å². The second-order valence-corrected chi connectivity index (χ2v) is 6.33. The van der Waals surface area contributed by atoms with Gasteiger partial charge < -0.3 is 15.4 Å². The number of hydrogen-bond donors (Lipinski definition) is 2. The summed E-state index contributed by atoms with van der Waals surface area (Å²) < 4.78 is 6.37. The van der Waals surface area contributed by atoms with Crippen LogP contribution in [0.15, 0.2) is 40.2 Å². The highest BCUT2D eigenvalue weighted by molar-refractivity contribution is 9.10. The third-order valence-electron chi connectivity index (χ3n) is 2.99. The number of nitrogens with two attached hydrogens (primary N) is 1. The molecule has 2 aromatic rings. The second kappa shape index (κ2) is 8.17. The topological polar surface area (TPSA) is 54.9 Å². The Morgan fingerprint density at radius 3 is 3.00 bits per heavy atom. The molecule has 0 saturated heterocycles. The van der Waals surface area contributed by atoms with Gasteiger partial charge in [-0.2, -0.15) is 0 Å². The number of ether oxygens (including phenoxy) is 1. The van der Waals surface area contributed by atoms with E-state index in [1.54, 1.807) is 7.11 Å². The summed E-state index contributed by atoms with van der Waals surface area (Å²) in [5.74, 6) is 0.885. The number of nitrogens with one attached hydrogen (secondary N) is 1. The molecule has 21 heavy (non-hydrogen) atoms. The van der Waals surface area contributed by atoms with E-state index in [0.29, 0.717) is 6.54 Å². The lowest BCUT2D eigenvalue weighted by Gasteiger charge is -2.08. The van der Waals surface area contributed by atoms with E-state index in [2.05, 4.69) is 32.6 Å².